The van der Waals surface area contributed by atoms with E-state index in [0.717, 1.165) is 6.42 Å². The van der Waals surface area contributed by atoms with Gasteiger partial charge in [0.1, 0.15) is 0 Å². The Hall–Kier alpha value is -2.53. The first kappa shape index (κ1) is 17.3. The van der Waals surface area contributed by atoms with Gasteiger partial charge in [-0.1, -0.05) is 30.3 Å². The second kappa shape index (κ2) is 8.03. The molecule has 1 heterocycles. The second-order valence-corrected chi connectivity index (χ2v) is 6.00. The smallest absolute Gasteiger partial charge is 0.254 e. The molecule has 1 fully saturated rings. The van der Waals surface area contributed by atoms with Gasteiger partial charge in [0, 0.05) is 25.1 Å². The van der Waals surface area contributed by atoms with Crippen molar-refractivity contribution < 1.29 is 19.0 Å². The number of ether oxygens (including phenoxy) is 3. The zero-order chi connectivity index (χ0) is 17.6. The fourth-order valence-corrected chi connectivity index (χ4v) is 3.06. The van der Waals surface area contributed by atoms with Gasteiger partial charge in [0.25, 0.3) is 5.91 Å². The van der Waals surface area contributed by atoms with Crippen molar-refractivity contribution in [2.45, 2.75) is 12.5 Å². The summed E-state index contributed by atoms with van der Waals surface area (Å²) in [6.45, 7) is 1.73. The number of morpholine rings is 1. The van der Waals surface area contributed by atoms with Crippen LogP contribution in [0.2, 0.25) is 0 Å². The number of carbonyl (C=O) groups excluding carboxylic acids is 1. The molecule has 0 saturated carbocycles. The van der Waals surface area contributed by atoms with Gasteiger partial charge >= 0.3 is 0 Å². The van der Waals surface area contributed by atoms with Crippen LogP contribution in [0.3, 0.4) is 0 Å². The lowest BCUT2D eigenvalue weighted by Crippen LogP contribution is -2.46. The van der Waals surface area contributed by atoms with Crippen molar-refractivity contribution >= 4 is 5.91 Å². The molecule has 0 bridgehead atoms. The first-order chi connectivity index (χ1) is 12.2. The van der Waals surface area contributed by atoms with Crippen molar-refractivity contribution in [2.24, 2.45) is 0 Å². The van der Waals surface area contributed by atoms with Crippen LogP contribution in [0, 0.1) is 0 Å². The number of hydrogen-bond donors (Lipinski definition) is 0. The molecule has 25 heavy (non-hydrogen) atoms. The maximum absolute atomic E-state index is 12.8. The minimum Gasteiger partial charge on any atom is -0.493 e. The number of nitrogens with zero attached hydrogens (tertiary/aromatic N) is 1. The largest absolute Gasteiger partial charge is 0.493 e. The Morgan fingerprint density at radius 1 is 1.12 bits per heavy atom. The molecule has 1 aliphatic rings. The molecule has 5 nitrogen and oxygen atoms in total. The molecule has 0 spiro atoms. The van der Waals surface area contributed by atoms with E-state index in [4.69, 9.17) is 14.2 Å². The maximum Gasteiger partial charge on any atom is 0.254 e. The SMILES string of the molecule is COc1ccc(C(=O)N2CCOC(Cc3ccccc3)C2)cc1OC. The molecule has 0 N–H and O–H groups in total. The number of rotatable bonds is 5. The van der Waals surface area contributed by atoms with Gasteiger partial charge < -0.3 is 19.1 Å². The van der Waals surface area contributed by atoms with Crippen molar-refractivity contribution in [1.82, 2.24) is 4.90 Å². The Morgan fingerprint density at radius 2 is 1.88 bits per heavy atom. The van der Waals surface area contributed by atoms with E-state index < -0.39 is 0 Å². The topological polar surface area (TPSA) is 48.0 Å². The Kier molecular flexibility index (Phi) is 5.56. The van der Waals surface area contributed by atoms with E-state index in [9.17, 15) is 4.79 Å². The van der Waals surface area contributed by atoms with Crippen molar-refractivity contribution in [1.29, 1.82) is 0 Å². The van der Waals surface area contributed by atoms with E-state index in [1.165, 1.54) is 5.56 Å². The molecule has 1 unspecified atom stereocenters. The van der Waals surface area contributed by atoms with Gasteiger partial charge in [-0.25, -0.2) is 0 Å². The van der Waals surface area contributed by atoms with Gasteiger partial charge in [-0.05, 0) is 23.8 Å². The lowest BCUT2D eigenvalue weighted by molar-refractivity contribution is -0.0208. The summed E-state index contributed by atoms with van der Waals surface area (Å²) in [5.74, 6) is 1.16. The molecule has 5 heteroatoms. The predicted molar refractivity (Wildman–Crippen MR) is 95.3 cm³/mol. The lowest BCUT2D eigenvalue weighted by Gasteiger charge is -2.33. The van der Waals surface area contributed by atoms with Gasteiger partial charge in [0.05, 0.1) is 26.9 Å². The number of benzene rings is 2. The van der Waals surface area contributed by atoms with Crippen molar-refractivity contribution in [3.63, 3.8) is 0 Å². The van der Waals surface area contributed by atoms with Gasteiger partial charge in [-0.3, -0.25) is 4.79 Å². The van der Waals surface area contributed by atoms with Crippen molar-refractivity contribution in [2.75, 3.05) is 33.9 Å². The molecule has 0 aromatic heterocycles. The highest BCUT2D eigenvalue weighted by Gasteiger charge is 2.25. The molecule has 132 valence electrons. The number of methoxy groups -OCH3 is 2. The average Bonchev–Trinajstić information content (AvgIpc) is 2.68. The minimum atomic E-state index is -0.0117. The van der Waals surface area contributed by atoms with Gasteiger partial charge in [-0.2, -0.15) is 0 Å². The van der Waals surface area contributed by atoms with Gasteiger partial charge in [0.2, 0.25) is 0 Å². The van der Waals surface area contributed by atoms with Crippen LogP contribution < -0.4 is 9.47 Å². The quantitative estimate of drug-likeness (QED) is 0.839. The van der Waals surface area contributed by atoms with Crippen molar-refractivity contribution in [3.05, 3.63) is 59.7 Å². The Bertz CT molecular complexity index is 717. The standard InChI is InChI=1S/C20H23NO4/c1-23-18-9-8-16(13-19(18)24-2)20(22)21-10-11-25-17(14-21)12-15-6-4-3-5-7-15/h3-9,13,17H,10-12,14H2,1-2H3. The van der Waals surface area contributed by atoms with E-state index in [1.807, 2.05) is 23.1 Å². The Labute approximate surface area is 148 Å². The molecule has 2 aromatic carbocycles. The van der Waals surface area contributed by atoms with E-state index >= 15 is 0 Å². The van der Waals surface area contributed by atoms with Crippen LogP contribution >= 0.6 is 0 Å². The predicted octanol–water partition coefficient (Wildman–Crippen LogP) is 2.79. The van der Waals surface area contributed by atoms with Crippen LogP contribution in [-0.4, -0.2) is 50.8 Å². The molecule has 1 aliphatic heterocycles. The zero-order valence-corrected chi connectivity index (χ0v) is 14.6. The van der Waals surface area contributed by atoms with Crippen LogP contribution in [0.4, 0.5) is 0 Å². The third-order valence-corrected chi connectivity index (χ3v) is 4.36. The van der Waals surface area contributed by atoms with Crippen LogP contribution in [0.15, 0.2) is 48.5 Å². The molecule has 0 aliphatic carbocycles. The number of carbonyl (C=O) groups is 1. The van der Waals surface area contributed by atoms with Gasteiger partial charge in [-0.15, -0.1) is 0 Å². The molecule has 2 aromatic rings. The van der Waals surface area contributed by atoms with Crippen LogP contribution in [0.1, 0.15) is 15.9 Å². The molecular formula is C20H23NO4. The number of hydrogen-bond acceptors (Lipinski definition) is 4. The highest BCUT2D eigenvalue weighted by atomic mass is 16.5. The second-order valence-electron chi connectivity index (χ2n) is 6.00. The molecule has 3 rings (SSSR count). The molecule has 1 saturated heterocycles. The lowest BCUT2D eigenvalue weighted by atomic mass is 10.1. The third-order valence-electron chi connectivity index (χ3n) is 4.36. The summed E-state index contributed by atoms with van der Waals surface area (Å²) in [6.07, 6.45) is 0.816. The van der Waals surface area contributed by atoms with E-state index in [0.29, 0.717) is 36.8 Å². The van der Waals surface area contributed by atoms with Crippen molar-refractivity contribution in [3.8, 4) is 11.5 Å². The highest BCUT2D eigenvalue weighted by molar-refractivity contribution is 5.95. The van der Waals surface area contributed by atoms with E-state index in [1.54, 1.807) is 32.4 Å². The average molecular weight is 341 g/mol. The summed E-state index contributed by atoms with van der Waals surface area (Å²) in [5, 5.41) is 0. The molecular weight excluding hydrogens is 318 g/mol. The van der Waals surface area contributed by atoms with Crippen LogP contribution in [0.25, 0.3) is 0 Å². The molecule has 0 radical (unpaired) electrons. The Balaban J connectivity index is 1.69. The number of amides is 1. The summed E-state index contributed by atoms with van der Waals surface area (Å²) in [5.41, 5.74) is 1.81. The maximum atomic E-state index is 12.8. The molecule has 1 amide bonds. The summed E-state index contributed by atoms with van der Waals surface area (Å²) in [6, 6.07) is 15.5. The zero-order valence-electron chi connectivity index (χ0n) is 14.6. The van der Waals surface area contributed by atoms with Crippen LogP contribution in [0.5, 0.6) is 11.5 Å². The van der Waals surface area contributed by atoms with E-state index in [-0.39, 0.29) is 12.0 Å². The first-order valence-electron chi connectivity index (χ1n) is 8.38. The fraction of sp³-hybridized carbons (Fsp3) is 0.350. The summed E-state index contributed by atoms with van der Waals surface area (Å²) >= 11 is 0. The molecule has 1 atom stereocenters. The highest BCUT2D eigenvalue weighted by Crippen LogP contribution is 2.28. The normalized spacial score (nSPS) is 17.2. The summed E-state index contributed by atoms with van der Waals surface area (Å²) in [7, 11) is 3.15. The first-order valence-corrected chi connectivity index (χ1v) is 8.38. The van der Waals surface area contributed by atoms with Crippen LogP contribution in [-0.2, 0) is 11.2 Å². The van der Waals surface area contributed by atoms with Gasteiger partial charge in [0.15, 0.2) is 11.5 Å². The third kappa shape index (κ3) is 4.12. The monoisotopic (exact) mass is 341 g/mol. The summed E-state index contributed by atoms with van der Waals surface area (Å²) < 4.78 is 16.4. The van der Waals surface area contributed by atoms with E-state index in [2.05, 4.69) is 12.1 Å². The fourth-order valence-electron chi connectivity index (χ4n) is 3.06. The summed E-state index contributed by atoms with van der Waals surface area (Å²) in [4.78, 5) is 14.7. The Morgan fingerprint density at radius 3 is 2.60 bits per heavy atom. The minimum absolute atomic E-state index is 0.0117.